The number of amides is 2. The molecule has 0 saturated carbocycles. The summed E-state index contributed by atoms with van der Waals surface area (Å²) in [5.41, 5.74) is 2.57. The molecule has 7 heteroatoms. The minimum atomic E-state index is -0.282. The first-order valence-electron chi connectivity index (χ1n) is 11.2. The molecule has 1 N–H and O–H groups in total. The summed E-state index contributed by atoms with van der Waals surface area (Å²) in [4.78, 5) is 33.3. The van der Waals surface area contributed by atoms with Crippen molar-refractivity contribution >= 4 is 28.8 Å². The summed E-state index contributed by atoms with van der Waals surface area (Å²) in [5, 5.41) is 3.71. The predicted molar refractivity (Wildman–Crippen MR) is 129 cm³/mol. The average Bonchev–Trinajstić information content (AvgIpc) is 3.14. The summed E-state index contributed by atoms with van der Waals surface area (Å²) in [6.07, 6.45) is 1.65. The highest BCUT2D eigenvalue weighted by molar-refractivity contribution is 7.14. The highest BCUT2D eigenvalue weighted by Crippen LogP contribution is 2.27. The number of rotatable bonds is 5. The van der Waals surface area contributed by atoms with Gasteiger partial charge in [-0.1, -0.05) is 38.1 Å². The zero-order valence-corrected chi connectivity index (χ0v) is 19.9. The van der Waals surface area contributed by atoms with Crippen molar-refractivity contribution in [3.05, 3.63) is 81.1 Å². The Morgan fingerprint density at radius 2 is 1.76 bits per heavy atom. The fraction of sp³-hybridized carbons (Fsp3) is 0.346. The SMILES string of the molecule is Cc1nc(Cc2ccc(F)cc2)sc1C(=O)Nc1ccccc1C(=O)N1CC(C)CC(C)C1. The molecule has 1 aliphatic heterocycles. The number of nitrogens with one attached hydrogen (secondary N) is 1. The van der Waals surface area contributed by atoms with Crippen molar-refractivity contribution in [1.82, 2.24) is 9.88 Å². The number of hydrogen-bond donors (Lipinski definition) is 1. The number of thiazole rings is 1. The van der Waals surface area contributed by atoms with E-state index >= 15 is 0 Å². The van der Waals surface area contributed by atoms with Crippen LogP contribution in [0.3, 0.4) is 0 Å². The highest BCUT2D eigenvalue weighted by Gasteiger charge is 2.28. The number of para-hydroxylation sites is 1. The first-order valence-corrected chi connectivity index (χ1v) is 12.0. The Morgan fingerprint density at radius 1 is 1.09 bits per heavy atom. The van der Waals surface area contributed by atoms with E-state index in [4.69, 9.17) is 0 Å². The van der Waals surface area contributed by atoms with Crippen molar-refractivity contribution in [3.8, 4) is 0 Å². The predicted octanol–water partition coefficient (Wildman–Crippen LogP) is 5.55. The largest absolute Gasteiger partial charge is 0.338 e. The number of hydrogen-bond acceptors (Lipinski definition) is 4. The maximum Gasteiger partial charge on any atom is 0.267 e. The van der Waals surface area contributed by atoms with Crippen molar-refractivity contribution in [3.63, 3.8) is 0 Å². The van der Waals surface area contributed by atoms with Gasteiger partial charge in [0.25, 0.3) is 11.8 Å². The number of carbonyl (C=O) groups is 2. The summed E-state index contributed by atoms with van der Waals surface area (Å²) in [6.45, 7) is 7.59. The fourth-order valence-electron chi connectivity index (χ4n) is 4.47. The Hall–Kier alpha value is -3.06. The van der Waals surface area contributed by atoms with Crippen molar-refractivity contribution in [2.75, 3.05) is 18.4 Å². The number of nitrogens with zero attached hydrogens (tertiary/aromatic N) is 2. The fourth-order valence-corrected chi connectivity index (χ4v) is 5.47. The quantitative estimate of drug-likeness (QED) is 0.537. The first kappa shape index (κ1) is 23.1. The Labute approximate surface area is 197 Å². The number of anilines is 1. The van der Waals surface area contributed by atoms with E-state index < -0.39 is 0 Å². The van der Waals surface area contributed by atoms with E-state index in [-0.39, 0.29) is 17.6 Å². The third kappa shape index (κ3) is 5.47. The van der Waals surface area contributed by atoms with E-state index in [1.807, 2.05) is 17.0 Å². The standard InChI is InChI=1S/C26H28FN3O2S/c1-16-12-17(2)15-30(14-16)26(32)21-6-4-5-7-22(21)29-25(31)24-18(3)28-23(33-24)13-19-8-10-20(27)11-9-19/h4-11,16-17H,12-15H2,1-3H3,(H,29,31). The van der Waals surface area contributed by atoms with Crippen LogP contribution in [0, 0.1) is 24.6 Å². The molecule has 1 aliphatic rings. The Morgan fingerprint density at radius 3 is 2.45 bits per heavy atom. The Kier molecular flexibility index (Phi) is 6.88. The smallest absolute Gasteiger partial charge is 0.267 e. The molecule has 4 rings (SSSR count). The molecule has 2 unspecified atom stereocenters. The normalized spacial score (nSPS) is 18.2. The molecule has 1 aromatic heterocycles. The van der Waals surface area contributed by atoms with Crippen LogP contribution in [-0.4, -0.2) is 34.8 Å². The van der Waals surface area contributed by atoms with Gasteiger partial charge in [-0.3, -0.25) is 9.59 Å². The van der Waals surface area contributed by atoms with Crippen molar-refractivity contribution in [1.29, 1.82) is 0 Å². The summed E-state index contributed by atoms with van der Waals surface area (Å²) in [6, 6.07) is 13.4. The van der Waals surface area contributed by atoms with E-state index in [0.717, 1.165) is 30.1 Å². The van der Waals surface area contributed by atoms with Crippen molar-refractivity contribution in [2.45, 2.75) is 33.6 Å². The van der Waals surface area contributed by atoms with Gasteiger partial charge in [-0.2, -0.15) is 0 Å². The number of aromatic nitrogens is 1. The molecule has 1 saturated heterocycles. The van der Waals surface area contributed by atoms with Crippen LogP contribution in [0.1, 0.15) is 56.6 Å². The number of benzene rings is 2. The van der Waals surface area contributed by atoms with Crippen LogP contribution >= 0.6 is 11.3 Å². The number of aryl methyl sites for hydroxylation is 1. The van der Waals surface area contributed by atoms with Gasteiger partial charge in [-0.15, -0.1) is 11.3 Å². The van der Waals surface area contributed by atoms with Crippen LogP contribution in [0.2, 0.25) is 0 Å². The average molecular weight is 466 g/mol. The lowest BCUT2D eigenvalue weighted by Crippen LogP contribution is -2.42. The monoisotopic (exact) mass is 465 g/mol. The molecule has 0 aliphatic carbocycles. The second-order valence-electron chi connectivity index (χ2n) is 8.98. The first-order chi connectivity index (χ1) is 15.8. The lowest BCUT2D eigenvalue weighted by Gasteiger charge is -2.35. The van der Waals surface area contributed by atoms with Crippen LogP contribution in [0.4, 0.5) is 10.1 Å². The Balaban J connectivity index is 1.51. The van der Waals surface area contributed by atoms with Crippen LogP contribution in [0.15, 0.2) is 48.5 Å². The number of carbonyl (C=O) groups excluding carboxylic acids is 2. The zero-order chi connectivity index (χ0) is 23.5. The molecule has 0 spiro atoms. The van der Waals surface area contributed by atoms with Crippen molar-refractivity contribution in [2.24, 2.45) is 11.8 Å². The summed E-state index contributed by atoms with van der Waals surface area (Å²) >= 11 is 1.32. The highest BCUT2D eigenvalue weighted by atomic mass is 32.1. The van der Waals surface area contributed by atoms with Gasteiger partial charge in [0.15, 0.2) is 0 Å². The van der Waals surface area contributed by atoms with Crippen molar-refractivity contribution < 1.29 is 14.0 Å². The minimum Gasteiger partial charge on any atom is -0.338 e. The zero-order valence-electron chi connectivity index (χ0n) is 19.1. The van der Waals surface area contributed by atoms with Crippen LogP contribution in [0.5, 0.6) is 0 Å². The summed E-state index contributed by atoms with van der Waals surface area (Å²) < 4.78 is 13.2. The van der Waals surface area contributed by atoms with Gasteiger partial charge in [0.2, 0.25) is 0 Å². The summed E-state index contributed by atoms with van der Waals surface area (Å²) in [7, 11) is 0. The third-order valence-electron chi connectivity index (χ3n) is 5.88. The lowest BCUT2D eigenvalue weighted by atomic mass is 9.91. The molecule has 172 valence electrons. The molecule has 1 fully saturated rings. The maximum absolute atomic E-state index is 13.3. The van der Waals surface area contributed by atoms with Gasteiger partial charge < -0.3 is 10.2 Å². The molecule has 3 aromatic rings. The lowest BCUT2D eigenvalue weighted by molar-refractivity contribution is 0.0624. The molecule has 2 atom stereocenters. The van der Waals surface area contributed by atoms with E-state index in [0.29, 0.717) is 40.1 Å². The maximum atomic E-state index is 13.3. The molecule has 2 amide bonds. The van der Waals surface area contributed by atoms with Gasteiger partial charge in [0.05, 0.1) is 22.0 Å². The van der Waals surface area contributed by atoms with Crippen LogP contribution in [0.25, 0.3) is 0 Å². The molecule has 2 heterocycles. The topological polar surface area (TPSA) is 62.3 Å². The number of likely N-dealkylation sites (tertiary alicyclic amines) is 1. The van der Waals surface area contributed by atoms with E-state index in [9.17, 15) is 14.0 Å². The Bertz CT molecular complexity index is 1150. The second-order valence-corrected chi connectivity index (χ2v) is 10.1. The number of halogens is 1. The third-order valence-corrected chi connectivity index (χ3v) is 7.03. The van der Waals surface area contributed by atoms with E-state index in [1.54, 1.807) is 31.2 Å². The van der Waals surface area contributed by atoms with Gasteiger partial charge in [-0.05, 0) is 55.0 Å². The summed E-state index contributed by atoms with van der Waals surface area (Å²) in [5.74, 6) is 0.298. The molecule has 33 heavy (non-hydrogen) atoms. The molecular formula is C26H28FN3O2S. The minimum absolute atomic E-state index is 0.0534. The molecule has 0 radical (unpaired) electrons. The molecule has 0 bridgehead atoms. The van der Waals surface area contributed by atoms with Gasteiger partial charge in [0.1, 0.15) is 10.7 Å². The second kappa shape index (κ2) is 9.83. The number of piperidine rings is 1. The van der Waals surface area contributed by atoms with Gasteiger partial charge >= 0.3 is 0 Å². The van der Waals surface area contributed by atoms with Crippen LogP contribution in [-0.2, 0) is 6.42 Å². The van der Waals surface area contributed by atoms with Crippen LogP contribution < -0.4 is 5.32 Å². The van der Waals surface area contributed by atoms with Gasteiger partial charge in [0, 0.05) is 19.5 Å². The van der Waals surface area contributed by atoms with Gasteiger partial charge in [-0.25, -0.2) is 9.37 Å². The van der Waals surface area contributed by atoms with E-state index in [1.165, 1.54) is 23.5 Å². The molecule has 2 aromatic carbocycles. The van der Waals surface area contributed by atoms with E-state index in [2.05, 4.69) is 24.1 Å². The molecule has 5 nitrogen and oxygen atoms in total. The molecular weight excluding hydrogens is 437 g/mol.